The fraction of sp³-hybridized carbons (Fsp3) is 0.350. The molecule has 6 nitrogen and oxygen atoms in total. The van der Waals surface area contributed by atoms with Gasteiger partial charge < -0.3 is 14.4 Å². The Morgan fingerprint density at radius 3 is 2.81 bits per heavy atom. The molecule has 3 aromatic heterocycles. The summed E-state index contributed by atoms with van der Waals surface area (Å²) in [6.07, 6.45) is 7.58. The molecule has 0 unspecified atom stereocenters. The minimum atomic E-state index is -0.253. The van der Waals surface area contributed by atoms with E-state index in [0.717, 1.165) is 47.7 Å². The van der Waals surface area contributed by atoms with Gasteiger partial charge in [0.25, 0.3) is 0 Å². The van der Waals surface area contributed by atoms with Crippen LogP contribution in [0, 0.1) is 12.8 Å². The van der Waals surface area contributed by atoms with Gasteiger partial charge in [-0.25, -0.2) is 9.97 Å². The second-order valence-corrected chi connectivity index (χ2v) is 6.84. The van der Waals surface area contributed by atoms with Crippen molar-refractivity contribution < 1.29 is 9.52 Å². The predicted molar refractivity (Wildman–Crippen MR) is 99.7 cm³/mol. The number of furan rings is 1. The summed E-state index contributed by atoms with van der Waals surface area (Å²) in [7, 11) is 0. The summed E-state index contributed by atoms with van der Waals surface area (Å²) in [6.45, 7) is 5.49. The first-order valence-corrected chi connectivity index (χ1v) is 8.88. The van der Waals surface area contributed by atoms with Crippen molar-refractivity contribution in [3.8, 4) is 22.4 Å². The van der Waals surface area contributed by atoms with Crippen LogP contribution in [0.25, 0.3) is 22.4 Å². The summed E-state index contributed by atoms with van der Waals surface area (Å²) < 4.78 is 5.50. The van der Waals surface area contributed by atoms with E-state index in [-0.39, 0.29) is 12.0 Å². The zero-order valence-electron chi connectivity index (χ0n) is 15.0. The Labute approximate surface area is 152 Å². The van der Waals surface area contributed by atoms with Crippen LogP contribution in [0.5, 0.6) is 0 Å². The molecule has 1 saturated heterocycles. The number of pyridine rings is 1. The molecule has 134 valence electrons. The van der Waals surface area contributed by atoms with Crippen molar-refractivity contribution in [1.82, 2.24) is 15.0 Å². The Hall–Kier alpha value is -2.73. The molecule has 0 saturated carbocycles. The van der Waals surface area contributed by atoms with Crippen molar-refractivity contribution in [2.45, 2.75) is 26.4 Å². The Morgan fingerprint density at radius 1 is 1.23 bits per heavy atom. The van der Waals surface area contributed by atoms with E-state index in [0.29, 0.717) is 5.95 Å². The molecule has 3 aromatic rings. The first-order chi connectivity index (χ1) is 12.6. The largest absolute Gasteiger partial charge is 0.469 e. The monoisotopic (exact) mass is 350 g/mol. The van der Waals surface area contributed by atoms with Gasteiger partial charge >= 0.3 is 0 Å². The van der Waals surface area contributed by atoms with Gasteiger partial charge in [-0.15, -0.1) is 0 Å². The second kappa shape index (κ2) is 6.88. The van der Waals surface area contributed by atoms with Crippen LogP contribution >= 0.6 is 0 Å². The lowest BCUT2D eigenvalue weighted by Gasteiger charge is -2.34. The predicted octanol–water partition coefficient (Wildman–Crippen LogP) is 3.31. The Kier molecular flexibility index (Phi) is 4.42. The molecule has 2 atom stereocenters. The minimum Gasteiger partial charge on any atom is -0.469 e. The molecular weight excluding hydrogens is 328 g/mol. The van der Waals surface area contributed by atoms with Crippen LogP contribution in [0.2, 0.25) is 0 Å². The molecule has 0 spiro atoms. The van der Waals surface area contributed by atoms with Crippen molar-refractivity contribution in [1.29, 1.82) is 0 Å². The average Bonchev–Trinajstić information content (AvgIpc) is 3.10. The van der Waals surface area contributed by atoms with Gasteiger partial charge in [-0.1, -0.05) is 13.0 Å². The van der Waals surface area contributed by atoms with Crippen molar-refractivity contribution >= 4 is 5.95 Å². The van der Waals surface area contributed by atoms with Gasteiger partial charge in [0.15, 0.2) is 0 Å². The van der Waals surface area contributed by atoms with Gasteiger partial charge in [0.1, 0.15) is 5.76 Å². The first kappa shape index (κ1) is 16.7. The van der Waals surface area contributed by atoms with Gasteiger partial charge in [-0.3, -0.25) is 4.98 Å². The maximum absolute atomic E-state index is 9.99. The molecule has 0 aromatic carbocycles. The van der Waals surface area contributed by atoms with Crippen molar-refractivity contribution in [3.05, 3.63) is 48.8 Å². The van der Waals surface area contributed by atoms with Gasteiger partial charge in [0.05, 0.1) is 18.1 Å². The number of hydrogen-bond donors (Lipinski definition) is 1. The van der Waals surface area contributed by atoms with Crippen LogP contribution in [0.3, 0.4) is 0 Å². The minimum absolute atomic E-state index is 0.199. The van der Waals surface area contributed by atoms with E-state index in [1.807, 2.05) is 37.5 Å². The number of hydrogen-bond acceptors (Lipinski definition) is 6. The Balaban J connectivity index is 1.79. The smallest absolute Gasteiger partial charge is 0.225 e. The number of piperidine rings is 1. The molecule has 4 rings (SSSR count). The number of nitrogens with zero attached hydrogens (tertiary/aromatic N) is 4. The molecule has 0 amide bonds. The van der Waals surface area contributed by atoms with Crippen molar-refractivity contribution in [2.24, 2.45) is 5.92 Å². The first-order valence-electron chi connectivity index (χ1n) is 8.88. The highest BCUT2D eigenvalue weighted by Gasteiger charge is 2.26. The number of anilines is 1. The number of aliphatic hydroxyl groups excluding tert-OH is 1. The second-order valence-electron chi connectivity index (χ2n) is 6.84. The number of aromatic nitrogens is 3. The van der Waals surface area contributed by atoms with E-state index < -0.39 is 0 Å². The summed E-state index contributed by atoms with van der Waals surface area (Å²) in [5, 5.41) is 9.99. The summed E-state index contributed by atoms with van der Waals surface area (Å²) in [5.41, 5.74) is 3.69. The molecule has 0 radical (unpaired) electrons. The maximum Gasteiger partial charge on any atom is 0.225 e. The highest BCUT2D eigenvalue weighted by Crippen LogP contribution is 2.34. The third-order valence-corrected chi connectivity index (χ3v) is 5.01. The number of rotatable bonds is 3. The van der Waals surface area contributed by atoms with E-state index in [2.05, 4.69) is 21.8 Å². The lowest BCUT2D eigenvalue weighted by molar-refractivity contribution is 0.0966. The zero-order chi connectivity index (χ0) is 18.1. The van der Waals surface area contributed by atoms with Crippen LogP contribution in [0.15, 0.2) is 47.5 Å². The highest BCUT2D eigenvalue weighted by molar-refractivity contribution is 5.81. The molecular formula is C20H22N4O2. The molecule has 1 aliphatic rings. The van der Waals surface area contributed by atoms with Crippen LogP contribution < -0.4 is 4.90 Å². The van der Waals surface area contributed by atoms with E-state index in [1.54, 1.807) is 12.5 Å². The summed E-state index contributed by atoms with van der Waals surface area (Å²) in [4.78, 5) is 15.9. The Morgan fingerprint density at radius 2 is 2.12 bits per heavy atom. The molecule has 0 bridgehead atoms. The topological polar surface area (TPSA) is 75.3 Å². The fourth-order valence-corrected chi connectivity index (χ4v) is 3.41. The fourth-order valence-electron chi connectivity index (χ4n) is 3.41. The molecule has 6 heteroatoms. The van der Waals surface area contributed by atoms with E-state index >= 15 is 0 Å². The Bertz CT molecular complexity index is 894. The molecule has 1 N–H and O–H groups in total. The van der Waals surface area contributed by atoms with Gasteiger partial charge in [-0.2, -0.15) is 0 Å². The van der Waals surface area contributed by atoms with Crippen LogP contribution in [-0.2, 0) is 0 Å². The van der Waals surface area contributed by atoms with Crippen LogP contribution in [0.1, 0.15) is 19.1 Å². The normalized spacial score (nSPS) is 20.3. The lowest BCUT2D eigenvalue weighted by Crippen LogP contribution is -2.42. The maximum atomic E-state index is 9.99. The molecule has 1 fully saturated rings. The quantitative estimate of drug-likeness (QED) is 0.781. The van der Waals surface area contributed by atoms with Crippen molar-refractivity contribution in [2.75, 3.05) is 18.0 Å². The van der Waals surface area contributed by atoms with Crippen molar-refractivity contribution in [3.63, 3.8) is 0 Å². The summed E-state index contributed by atoms with van der Waals surface area (Å²) in [6, 6.07) is 5.84. The number of aryl methyl sites for hydroxylation is 1. The SMILES string of the molecule is Cc1occc1-c1nc(N2CC[C@H](O)[C@@H](C)C2)ncc1-c1cccnc1. The van der Waals surface area contributed by atoms with E-state index in [1.165, 1.54) is 0 Å². The van der Waals surface area contributed by atoms with Crippen LogP contribution in [-0.4, -0.2) is 39.3 Å². The summed E-state index contributed by atoms with van der Waals surface area (Å²) in [5.74, 6) is 1.71. The molecule has 1 aliphatic heterocycles. The number of aliphatic hydroxyl groups is 1. The molecule has 26 heavy (non-hydrogen) atoms. The zero-order valence-corrected chi connectivity index (χ0v) is 15.0. The van der Waals surface area contributed by atoms with E-state index in [4.69, 9.17) is 9.40 Å². The van der Waals surface area contributed by atoms with E-state index in [9.17, 15) is 5.11 Å². The third-order valence-electron chi connectivity index (χ3n) is 5.01. The summed E-state index contributed by atoms with van der Waals surface area (Å²) >= 11 is 0. The van der Waals surface area contributed by atoms with Gasteiger partial charge in [0.2, 0.25) is 5.95 Å². The average molecular weight is 350 g/mol. The highest BCUT2D eigenvalue weighted by atomic mass is 16.3. The third kappa shape index (κ3) is 3.08. The molecule has 4 heterocycles. The van der Waals surface area contributed by atoms with Crippen LogP contribution in [0.4, 0.5) is 5.95 Å². The van der Waals surface area contributed by atoms with Gasteiger partial charge in [-0.05, 0) is 31.4 Å². The van der Waals surface area contributed by atoms with Gasteiger partial charge in [0, 0.05) is 48.4 Å². The lowest BCUT2D eigenvalue weighted by atomic mass is 9.97. The molecule has 0 aliphatic carbocycles. The standard InChI is InChI=1S/C20H22N4O2/c1-13-12-24(8-5-18(13)25)20-22-11-17(15-4-3-7-21-10-15)19(23-20)16-6-9-26-14(16)2/h3-4,6-7,9-11,13,18,25H,5,8,12H2,1-2H3/t13-,18-/m0/s1.